The molecule has 0 heterocycles. The molecule has 0 aliphatic heterocycles. The lowest BCUT2D eigenvalue weighted by molar-refractivity contribution is 0.225. The number of nitrogens with one attached hydrogen (secondary N) is 1. The molecule has 2 atom stereocenters. The third kappa shape index (κ3) is 4.63. The van der Waals surface area contributed by atoms with Crippen LogP contribution < -0.4 is 5.32 Å². The Balaban J connectivity index is 2.84. The first kappa shape index (κ1) is 16.2. The summed E-state index contributed by atoms with van der Waals surface area (Å²) < 4.78 is 0. The summed E-state index contributed by atoms with van der Waals surface area (Å²) >= 11 is 0. The first-order chi connectivity index (χ1) is 8.99. The van der Waals surface area contributed by atoms with Crippen LogP contribution in [0.5, 0.6) is 0 Å². The largest absolute Gasteiger partial charge is 0.309 e. The molecule has 2 heteroatoms. The van der Waals surface area contributed by atoms with Crippen LogP contribution in [0.4, 0.5) is 0 Å². The third-order valence-electron chi connectivity index (χ3n) is 4.20. The molecule has 2 nitrogen and oxygen atoms in total. The minimum absolute atomic E-state index is 0.420. The van der Waals surface area contributed by atoms with Crippen LogP contribution in [0.3, 0.4) is 0 Å². The van der Waals surface area contributed by atoms with E-state index in [1.54, 1.807) is 0 Å². The molecule has 0 aromatic heterocycles. The number of hydrogen-bond donors (Lipinski definition) is 1. The van der Waals surface area contributed by atoms with Gasteiger partial charge in [-0.3, -0.25) is 0 Å². The van der Waals surface area contributed by atoms with Gasteiger partial charge in [0.25, 0.3) is 0 Å². The van der Waals surface area contributed by atoms with E-state index >= 15 is 0 Å². The van der Waals surface area contributed by atoms with Gasteiger partial charge in [-0.2, -0.15) is 0 Å². The van der Waals surface area contributed by atoms with Crippen LogP contribution in [-0.4, -0.2) is 31.1 Å². The molecule has 0 aliphatic carbocycles. The van der Waals surface area contributed by atoms with Crippen LogP contribution >= 0.6 is 0 Å². The maximum absolute atomic E-state index is 3.61. The number of rotatable bonds is 7. The normalized spacial score (nSPS) is 14.7. The van der Waals surface area contributed by atoms with Crippen molar-refractivity contribution in [3.63, 3.8) is 0 Å². The van der Waals surface area contributed by atoms with E-state index in [0.29, 0.717) is 12.1 Å². The molecule has 2 unspecified atom stereocenters. The Morgan fingerprint density at radius 2 is 1.84 bits per heavy atom. The summed E-state index contributed by atoms with van der Waals surface area (Å²) in [5.74, 6) is 0. The molecular weight excluding hydrogens is 232 g/mol. The van der Waals surface area contributed by atoms with Crippen LogP contribution in [0, 0.1) is 13.8 Å². The van der Waals surface area contributed by atoms with Gasteiger partial charge in [0.1, 0.15) is 0 Å². The van der Waals surface area contributed by atoms with E-state index in [9.17, 15) is 0 Å². The molecular formula is C17H30N2. The molecule has 0 saturated heterocycles. The standard InChI is InChI=1S/C17H30N2/c1-7-15(5)19(6)12-17(18-8-2)16-10-9-13(3)14(4)11-16/h9-11,15,17-18H,7-8,12H2,1-6H3. The number of likely N-dealkylation sites (N-methyl/N-ethyl adjacent to an activating group) is 2. The summed E-state index contributed by atoms with van der Waals surface area (Å²) in [5, 5.41) is 3.61. The summed E-state index contributed by atoms with van der Waals surface area (Å²) in [4.78, 5) is 2.45. The van der Waals surface area contributed by atoms with Gasteiger partial charge in [-0.05, 0) is 57.5 Å². The van der Waals surface area contributed by atoms with E-state index in [1.807, 2.05) is 0 Å². The highest BCUT2D eigenvalue weighted by molar-refractivity contribution is 5.31. The van der Waals surface area contributed by atoms with Gasteiger partial charge in [0, 0.05) is 18.6 Å². The van der Waals surface area contributed by atoms with Crippen molar-refractivity contribution in [2.24, 2.45) is 0 Å². The summed E-state index contributed by atoms with van der Waals surface area (Å²) in [6.07, 6.45) is 1.20. The number of nitrogens with zero attached hydrogens (tertiary/aromatic N) is 1. The number of benzene rings is 1. The zero-order chi connectivity index (χ0) is 14.4. The maximum atomic E-state index is 3.61. The van der Waals surface area contributed by atoms with Gasteiger partial charge < -0.3 is 10.2 Å². The monoisotopic (exact) mass is 262 g/mol. The minimum atomic E-state index is 0.420. The predicted molar refractivity (Wildman–Crippen MR) is 84.7 cm³/mol. The van der Waals surface area contributed by atoms with Crippen molar-refractivity contribution >= 4 is 0 Å². The second-order valence-corrected chi connectivity index (χ2v) is 5.65. The first-order valence-electron chi connectivity index (χ1n) is 7.50. The van der Waals surface area contributed by atoms with Gasteiger partial charge >= 0.3 is 0 Å². The minimum Gasteiger partial charge on any atom is -0.309 e. The Morgan fingerprint density at radius 1 is 1.16 bits per heavy atom. The highest BCUT2D eigenvalue weighted by Crippen LogP contribution is 2.19. The van der Waals surface area contributed by atoms with Gasteiger partial charge in [0.2, 0.25) is 0 Å². The molecule has 0 saturated carbocycles. The first-order valence-corrected chi connectivity index (χ1v) is 7.50. The van der Waals surface area contributed by atoms with Gasteiger partial charge in [0.05, 0.1) is 0 Å². The van der Waals surface area contributed by atoms with E-state index in [1.165, 1.54) is 23.1 Å². The third-order valence-corrected chi connectivity index (χ3v) is 4.20. The van der Waals surface area contributed by atoms with Crippen LogP contribution in [0.25, 0.3) is 0 Å². The quantitative estimate of drug-likeness (QED) is 0.806. The molecule has 19 heavy (non-hydrogen) atoms. The Bertz CT molecular complexity index is 387. The van der Waals surface area contributed by atoms with Gasteiger partial charge in [0.15, 0.2) is 0 Å². The Morgan fingerprint density at radius 3 is 2.37 bits per heavy atom. The summed E-state index contributed by atoms with van der Waals surface area (Å²) in [6, 6.07) is 7.88. The smallest absolute Gasteiger partial charge is 0.0449 e. The van der Waals surface area contributed by atoms with E-state index < -0.39 is 0 Å². The lowest BCUT2D eigenvalue weighted by Crippen LogP contribution is -2.37. The predicted octanol–water partition coefficient (Wildman–Crippen LogP) is 3.68. The van der Waals surface area contributed by atoms with E-state index in [4.69, 9.17) is 0 Å². The number of hydrogen-bond acceptors (Lipinski definition) is 2. The Kier molecular flexibility index (Phi) is 6.53. The molecule has 1 rings (SSSR count). The maximum Gasteiger partial charge on any atom is 0.0449 e. The second-order valence-electron chi connectivity index (χ2n) is 5.65. The Labute approximate surface area is 119 Å². The van der Waals surface area contributed by atoms with Crippen molar-refractivity contribution in [1.29, 1.82) is 0 Å². The van der Waals surface area contributed by atoms with Crippen LogP contribution in [0.1, 0.15) is 49.9 Å². The van der Waals surface area contributed by atoms with Gasteiger partial charge in [-0.15, -0.1) is 0 Å². The molecule has 0 fully saturated rings. The van der Waals surface area contributed by atoms with Gasteiger partial charge in [-0.25, -0.2) is 0 Å². The van der Waals surface area contributed by atoms with Crippen LogP contribution in [0.15, 0.2) is 18.2 Å². The number of aryl methyl sites for hydroxylation is 2. The average Bonchev–Trinajstić information content (AvgIpc) is 2.40. The SMILES string of the molecule is CCNC(CN(C)C(C)CC)c1ccc(C)c(C)c1. The summed E-state index contributed by atoms with van der Waals surface area (Å²) in [7, 11) is 2.22. The molecule has 1 aromatic rings. The molecule has 0 bridgehead atoms. The Hall–Kier alpha value is -0.860. The molecule has 0 spiro atoms. The van der Waals surface area contributed by atoms with Crippen molar-refractivity contribution in [2.45, 2.75) is 53.1 Å². The van der Waals surface area contributed by atoms with Crippen molar-refractivity contribution in [3.8, 4) is 0 Å². The van der Waals surface area contributed by atoms with Crippen LogP contribution in [0.2, 0.25) is 0 Å². The molecule has 0 radical (unpaired) electrons. The molecule has 0 amide bonds. The van der Waals surface area contributed by atoms with E-state index in [2.05, 4.69) is 70.1 Å². The highest BCUT2D eigenvalue weighted by Gasteiger charge is 2.16. The van der Waals surface area contributed by atoms with E-state index in [0.717, 1.165) is 13.1 Å². The van der Waals surface area contributed by atoms with Gasteiger partial charge in [-0.1, -0.05) is 32.0 Å². The average molecular weight is 262 g/mol. The fourth-order valence-corrected chi connectivity index (χ4v) is 2.30. The summed E-state index contributed by atoms with van der Waals surface area (Å²) in [5.41, 5.74) is 4.15. The fourth-order valence-electron chi connectivity index (χ4n) is 2.30. The zero-order valence-corrected chi connectivity index (χ0v) is 13.5. The van der Waals surface area contributed by atoms with Crippen molar-refractivity contribution in [1.82, 2.24) is 10.2 Å². The zero-order valence-electron chi connectivity index (χ0n) is 13.5. The van der Waals surface area contributed by atoms with Crippen molar-refractivity contribution < 1.29 is 0 Å². The molecule has 108 valence electrons. The van der Waals surface area contributed by atoms with Crippen molar-refractivity contribution in [3.05, 3.63) is 34.9 Å². The lowest BCUT2D eigenvalue weighted by Gasteiger charge is -2.29. The lowest BCUT2D eigenvalue weighted by atomic mass is 10.00. The summed E-state index contributed by atoms with van der Waals surface area (Å²) in [6.45, 7) is 13.2. The topological polar surface area (TPSA) is 15.3 Å². The van der Waals surface area contributed by atoms with E-state index in [-0.39, 0.29) is 0 Å². The molecule has 0 aliphatic rings. The highest BCUT2D eigenvalue weighted by atomic mass is 15.1. The molecule has 1 aromatic carbocycles. The molecule has 1 N–H and O–H groups in total. The second kappa shape index (κ2) is 7.66. The van der Waals surface area contributed by atoms with Crippen molar-refractivity contribution in [2.75, 3.05) is 20.1 Å². The fraction of sp³-hybridized carbons (Fsp3) is 0.647. The van der Waals surface area contributed by atoms with Crippen LogP contribution in [-0.2, 0) is 0 Å².